The molecule has 0 radical (unpaired) electrons. The van der Waals surface area contributed by atoms with Crippen LogP contribution in [0.4, 0.5) is 15.8 Å². The van der Waals surface area contributed by atoms with Gasteiger partial charge in [-0.2, -0.15) is 18.0 Å². The van der Waals surface area contributed by atoms with Gasteiger partial charge in [0, 0.05) is 50.2 Å². The number of piperidine rings is 1. The predicted molar refractivity (Wildman–Crippen MR) is 160 cm³/mol. The Morgan fingerprint density at radius 2 is 1.89 bits per heavy atom. The number of aromatic nitrogens is 2. The van der Waals surface area contributed by atoms with Crippen molar-refractivity contribution in [3.05, 3.63) is 88.2 Å². The van der Waals surface area contributed by atoms with E-state index in [0.717, 1.165) is 22.1 Å². The lowest BCUT2D eigenvalue weighted by molar-refractivity contribution is 0.0697. The Kier molecular flexibility index (Phi) is 7.22. The SMILES string of the molecule is CCN(C)S(=O)(=O)Nc1ccc(F)c(Oc2ccc3ncn(C4[C@H]5CN(c6ccc(C(=O)O)cc6)C[C@@H]45)c(=O)c3c2)c1C#N. The van der Waals surface area contributed by atoms with Crippen LogP contribution in [-0.2, 0) is 10.2 Å². The van der Waals surface area contributed by atoms with E-state index in [1.165, 1.54) is 25.5 Å². The normalized spacial score (nSPS) is 19.1. The fourth-order valence-corrected chi connectivity index (χ4v) is 6.63. The second-order valence-electron chi connectivity index (χ2n) is 10.7. The van der Waals surface area contributed by atoms with Crippen LogP contribution in [0.25, 0.3) is 10.9 Å². The highest BCUT2D eigenvalue weighted by Crippen LogP contribution is 2.55. The molecule has 1 saturated heterocycles. The van der Waals surface area contributed by atoms with E-state index in [2.05, 4.69) is 14.6 Å². The molecule has 14 heteroatoms. The van der Waals surface area contributed by atoms with Gasteiger partial charge in [0.05, 0.1) is 28.5 Å². The first-order valence-corrected chi connectivity index (χ1v) is 15.2. The minimum atomic E-state index is -3.99. The molecule has 3 atom stereocenters. The molecule has 1 unspecified atom stereocenters. The molecule has 4 aromatic rings. The first-order chi connectivity index (χ1) is 21.0. The highest BCUT2D eigenvalue weighted by molar-refractivity contribution is 7.90. The molecule has 1 aromatic heterocycles. The average Bonchev–Trinajstić information content (AvgIpc) is 3.49. The molecular formula is C30H27FN6O6S. The summed E-state index contributed by atoms with van der Waals surface area (Å²) in [5, 5.41) is 19.2. The van der Waals surface area contributed by atoms with Gasteiger partial charge >= 0.3 is 16.2 Å². The summed E-state index contributed by atoms with van der Waals surface area (Å²) in [5.74, 6) is -1.84. The molecule has 12 nitrogen and oxygen atoms in total. The Morgan fingerprint density at radius 3 is 2.52 bits per heavy atom. The van der Waals surface area contributed by atoms with Gasteiger partial charge in [0.2, 0.25) is 0 Å². The number of halogens is 1. The third kappa shape index (κ3) is 5.10. The number of benzene rings is 3. The zero-order valence-electron chi connectivity index (χ0n) is 23.6. The maximum absolute atomic E-state index is 14.9. The minimum absolute atomic E-state index is 0.0490. The largest absolute Gasteiger partial charge is 0.478 e. The van der Waals surface area contributed by atoms with Crippen molar-refractivity contribution in [1.29, 1.82) is 5.26 Å². The Balaban J connectivity index is 1.24. The van der Waals surface area contributed by atoms with Crippen molar-refractivity contribution in [2.75, 3.05) is 36.3 Å². The molecule has 3 aromatic carbocycles. The van der Waals surface area contributed by atoms with Gasteiger partial charge in [0.1, 0.15) is 17.4 Å². The van der Waals surface area contributed by atoms with Crippen molar-refractivity contribution >= 4 is 38.5 Å². The number of nitrogens with zero attached hydrogens (tertiary/aromatic N) is 5. The summed E-state index contributed by atoms with van der Waals surface area (Å²) < 4.78 is 50.6. The molecule has 0 bridgehead atoms. The topological polar surface area (TPSA) is 158 Å². The summed E-state index contributed by atoms with van der Waals surface area (Å²) in [7, 11) is -2.63. The Hall–Kier alpha value is -5.00. The number of aromatic carboxylic acids is 1. The summed E-state index contributed by atoms with van der Waals surface area (Å²) in [4.78, 5) is 31.3. The van der Waals surface area contributed by atoms with Crippen LogP contribution in [0.1, 0.15) is 28.9 Å². The quantitative estimate of drug-likeness (QED) is 0.285. The standard InChI is InChI=1S/C30H27FN6O6S/c1-3-35(2)44(41,42)34-26-11-9-24(31)28(21(26)13-32)43-19-8-10-25-20(12-19)29(38)37(16-33-25)27-22-14-36(15-23(22)27)18-6-4-17(5-7-18)30(39)40/h4-12,16,22-23,27,34H,3,14-15H2,1-2H3,(H,39,40)/t22-,23+,27?. The van der Waals surface area contributed by atoms with Crippen LogP contribution in [0.3, 0.4) is 0 Å². The molecule has 226 valence electrons. The Morgan fingerprint density at radius 1 is 1.18 bits per heavy atom. The summed E-state index contributed by atoms with van der Waals surface area (Å²) in [6, 6.07) is 15.1. The lowest BCUT2D eigenvalue weighted by Gasteiger charge is -2.22. The van der Waals surface area contributed by atoms with Crippen LogP contribution in [0.15, 0.2) is 65.7 Å². The molecule has 0 spiro atoms. The van der Waals surface area contributed by atoms with E-state index in [4.69, 9.17) is 9.84 Å². The van der Waals surface area contributed by atoms with Crippen LogP contribution >= 0.6 is 0 Å². The molecule has 1 aliphatic carbocycles. The van der Waals surface area contributed by atoms with Gasteiger partial charge in [-0.25, -0.2) is 14.2 Å². The van der Waals surface area contributed by atoms with Crippen molar-refractivity contribution in [2.45, 2.75) is 13.0 Å². The first kappa shape index (κ1) is 29.1. The molecule has 6 rings (SSSR count). The number of carbonyl (C=O) groups is 1. The number of carboxylic acid groups (broad SMARTS) is 1. The highest BCUT2D eigenvalue weighted by atomic mass is 32.2. The summed E-state index contributed by atoms with van der Waals surface area (Å²) >= 11 is 0. The van der Waals surface area contributed by atoms with Gasteiger partial charge in [0.25, 0.3) is 5.56 Å². The Bertz CT molecular complexity index is 2000. The van der Waals surface area contributed by atoms with Crippen molar-refractivity contribution in [3.8, 4) is 17.6 Å². The fourth-order valence-electron chi connectivity index (χ4n) is 5.68. The van der Waals surface area contributed by atoms with Crippen molar-refractivity contribution in [3.63, 3.8) is 0 Å². The summed E-state index contributed by atoms with van der Waals surface area (Å²) in [6.45, 7) is 3.23. The van der Waals surface area contributed by atoms with E-state index in [-0.39, 0.29) is 57.9 Å². The maximum Gasteiger partial charge on any atom is 0.335 e. The molecule has 1 aliphatic heterocycles. The lowest BCUT2D eigenvalue weighted by atomic mass is 10.1. The zero-order valence-corrected chi connectivity index (χ0v) is 24.5. The minimum Gasteiger partial charge on any atom is -0.478 e. The van der Waals surface area contributed by atoms with Crippen LogP contribution in [-0.4, -0.2) is 60.0 Å². The van der Waals surface area contributed by atoms with Crippen LogP contribution in [0.2, 0.25) is 0 Å². The zero-order chi connectivity index (χ0) is 31.3. The smallest absolute Gasteiger partial charge is 0.335 e. The number of nitrogens with one attached hydrogen (secondary N) is 1. The van der Waals surface area contributed by atoms with Gasteiger partial charge in [0.15, 0.2) is 11.6 Å². The van der Waals surface area contributed by atoms with E-state index in [1.807, 2.05) is 6.07 Å². The number of fused-ring (bicyclic) bond motifs is 2. The van der Waals surface area contributed by atoms with Gasteiger partial charge in [-0.05, 0) is 54.6 Å². The number of hydrogen-bond acceptors (Lipinski definition) is 8. The average molecular weight is 619 g/mol. The number of hydrogen-bond donors (Lipinski definition) is 2. The molecule has 44 heavy (non-hydrogen) atoms. The van der Waals surface area contributed by atoms with E-state index < -0.39 is 27.7 Å². The van der Waals surface area contributed by atoms with Gasteiger partial charge in [-0.1, -0.05) is 6.92 Å². The molecule has 1 saturated carbocycles. The van der Waals surface area contributed by atoms with Gasteiger partial charge < -0.3 is 14.7 Å². The lowest BCUT2D eigenvalue weighted by Crippen LogP contribution is -2.32. The Labute approximate surface area is 251 Å². The number of ether oxygens (including phenoxy) is 1. The van der Waals surface area contributed by atoms with E-state index >= 15 is 0 Å². The third-order valence-electron chi connectivity index (χ3n) is 8.24. The van der Waals surface area contributed by atoms with Gasteiger partial charge in [-0.3, -0.25) is 14.1 Å². The van der Waals surface area contributed by atoms with Crippen molar-refractivity contribution in [2.24, 2.45) is 11.8 Å². The first-order valence-electron chi connectivity index (χ1n) is 13.8. The second kappa shape index (κ2) is 10.9. The molecule has 2 fully saturated rings. The highest BCUT2D eigenvalue weighted by Gasteiger charge is 2.57. The number of anilines is 2. The van der Waals surface area contributed by atoms with Crippen molar-refractivity contribution in [1.82, 2.24) is 13.9 Å². The van der Waals surface area contributed by atoms with Crippen LogP contribution in [0, 0.1) is 29.0 Å². The molecule has 2 heterocycles. The molecule has 2 N–H and O–H groups in total. The number of carboxylic acids is 1. The van der Waals surface area contributed by atoms with Crippen molar-refractivity contribution < 1.29 is 27.4 Å². The predicted octanol–water partition coefficient (Wildman–Crippen LogP) is 3.81. The monoisotopic (exact) mass is 618 g/mol. The van der Waals surface area contributed by atoms with Crippen LogP contribution in [0.5, 0.6) is 11.5 Å². The van der Waals surface area contributed by atoms with E-state index in [9.17, 15) is 27.7 Å². The molecule has 2 aliphatic rings. The third-order valence-corrected chi connectivity index (χ3v) is 9.80. The van der Waals surface area contributed by atoms with E-state index in [0.29, 0.717) is 18.6 Å². The van der Waals surface area contributed by atoms with Gasteiger partial charge in [-0.15, -0.1) is 0 Å². The fraction of sp³-hybridized carbons (Fsp3) is 0.267. The van der Waals surface area contributed by atoms with E-state index in [1.54, 1.807) is 41.8 Å². The maximum atomic E-state index is 14.9. The molecular weight excluding hydrogens is 591 g/mol. The van der Waals surface area contributed by atoms with Crippen LogP contribution < -0.4 is 19.9 Å². The summed E-state index contributed by atoms with van der Waals surface area (Å²) in [5.41, 5.74) is 0.759. The second-order valence-corrected chi connectivity index (χ2v) is 12.5. The number of nitriles is 1. The molecule has 0 amide bonds. The number of rotatable bonds is 9. The summed E-state index contributed by atoms with van der Waals surface area (Å²) in [6.07, 6.45) is 1.52.